The highest BCUT2D eigenvalue weighted by atomic mass is 16.5. The molecule has 0 aromatic rings. The van der Waals surface area contributed by atoms with E-state index in [1.807, 2.05) is 0 Å². The predicted molar refractivity (Wildman–Crippen MR) is 25.1 cm³/mol. The summed E-state index contributed by atoms with van der Waals surface area (Å²) in [5.74, 6) is 0. The van der Waals surface area contributed by atoms with Crippen LogP contribution in [0.4, 0.5) is 4.79 Å². The second-order valence-electron chi connectivity index (χ2n) is 0.944. The molecule has 0 aromatic carbocycles. The van der Waals surface area contributed by atoms with Gasteiger partial charge < -0.3 is 4.74 Å². The third-order valence-corrected chi connectivity index (χ3v) is 0.462. The van der Waals surface area contributed by atoms with E-state index in [4.69, 9.17) is 0 Å². The average molecular weight is 102 g/mol. The van der Waals surface area contributed by atoms with Crippen LogP contribution < -0.4 is 5.32 Å². The fourth-order valence-electron chi connectivity index (χ4n) is 0.194. The molecular formula is C4H8NO2. The van der Waals surface area contributed by atoms with Gasteiger partial charge in [0.05, 0.1) is 7.11 Å². The van der Waals surface area contributed by atoms with Gasteiger partial charge in [0.25, 0.3) is 0 Å². The van der Waals surface area contributed by atoms with Crippen LogP contribution in [-0.4, -0.2) is 19.7 Å². The van der Waals surface area contributed by atoms with Gasteiger partial charge in [-0.05, 0) is 6.92 Å². The van der Waals surface area contributed by atoms with Crippen molar-refractivity contribution in [2.75, 3.05) is 13.7 Å². The smallest absolute Gasteiger partial charge is 0.428 e. The molecule has 0 aliphatic rings. The van der Waals surface area contributed by atoms with Crippen LogP contribution in [0.3, 0.4) is 0 Å². The maximum Gasteiger partial charge on any atom is 0.428 e. The summed E-state index contributed by atoms with van der Waals surface area (Å²) >= 11 is 0. The summed E-state index contributed by atoms with van der Waals surface area (Å²) in [6, 6.07) is 0. The van der Waals surface area contributed by atoms with Gasteiger partial charge >= 0.3 is 6.09 Å². The zero-order valence-corrected chi connectivity index (χ0v) is 4.47. The van der Waals surface area contributed by atoms with Crippen LogP contribution in [0, 0.1) is 0 Å². The SMILES string of the molecule is CC[N]C(=O)OC. The molecule has 3 nitrogen and oxygen atoms in total. The van der Waals surface area contributed by atoms with Gasteiger partial charge in [0.15, 0.2) is 0 Å². The molecular weight excluding hydrogens is 94.0 g/mol. The van der Waals surface area contributed by atoms with Gasteiger partial charge in [-0.3, -0.25) is 0 Å². The Morgan fingerprint density at radius 2 is 2.43 bits per heavy atom. The molecule has 0 N–H and O–H groups in total. The van der Waals surface area contributed by atoms with E-state index >= 15 is 0 Å². The molecule has 7 heavy (non-hydrogen) atoms. The number of amides is 1. The molecule has 0 bridgehead atoms. The maximum atomic E-state index is 10.0. The minimum absolute atomic E-state index is 0.493. The zero-order valence-electron chi connectivity index (χ0n) is 4.47. The first-order valence-electron chi connectivity index (χ1n) is 2.06. The molecule has 0 rings (SSSR count). The Morgan fingerprint density at radius 3 is 2.57 bits per heavy atom. The van der Waals surface area contributed by atoms with Crippen molar-refractivity contribution in [3.63, 3.8) is 0 Å². The number of hydrogen-bond acceptors (Lipinski definition) is 2. The molecule has 0 aliphatic carbocycles. The summed E-state index contributed by atoms with van der Waals surface area (Å²) in [6.07, 6.45) is -0.498. The Bertz CT molecular complexity index is 62.7. The second kappa shape index (κ2) is 3.46. The predicted octanol–water partition coefficient (Wildman–Crippen LogP) is 0.377. The lowest BCUT2D eigenvalue weighted by molar-refractivity contribution is 0.170. The molecule has 0 spiro atoms. The van der Waals surface area contributed by atoms with Gasteiger partial charge in [-0.15, -0.1) is 0 Å². The zero-order chi connectivity index (χ0) is 5.70. The summed E-state index contributed by atoms with van der Waals surface area (Å²) < 4.78 is 4.19. The number of carbonyl (C=O) groups excluding carboxylic acids is 1. The molecule has 0 fully saturated rings. The number of nitrogens with zero attached hydrogens (tertiary/aromatic N) is 1. The molecule has 0 saturated carbocycles. The van der Waals surface area contributed by atoms with E-state index in [0.29, 0.717) is 6.54 Å². The van der Waals surface area contributed by atoms with Crippen molar-refractivity contribution in [1.29, 1.82) is 0 Å². The molecule has 0 aliphatic heterocycles. The van der Waals surface area contributed by atoms with Crippen LogP contribution >= 0.6 is 0 Å². The molecule has 0 aromatic heterocycles. The fourth-order valence-corrected chi connectivity index (χ4v) is 0.194. The van der Waals surface area contributed by atoms with E-state index in [-0.39, 0.29) is 0 Å². The number of rotatable bonds is 1. The average Bonchev–Trinajstić information content (AvgIpc) is 1.68. The van der Waals surface area contributed by atoms with Gasteiger partial charge in [-0.25, -0.2) is 10.1 Å². The van der Waals surface area contributed by atoms with Gasteiger partial charge in [0.2, 0.25) is 0 Å². The minimum Gasteiger partial charge on any atom is -0.452 e. The van der Waals surface area contributed by atoms with Gasteiger partial charge in [0, 0.05) is 6.54 Å². The quantitative estimate of drug-likeness (QED) is 0.480. The van der Waals surface area contributed by atoms with Crippen LogP contribution in [-0.2, 0) is 4.74 Å². The van der Waals surface area contributed by atoms with Crippen LogP contribution in [0.1, 0.15) is 6.92 Å². The number of methoxy groups -OCH3 is 1. The summed E-state index contributed by atoms with van der Waals surface area (Å²) in [5, 5.41) is 3.38. The lowest BCUT2D eigenvalue weighted by Crippen LogP contribution is -2.13. The molecule has 0 atom stereocenters. The molecule has 1 radical (unpaired) electrons. The first-order chi connectivity index (χ1) is 3.31. The molecule has 41 valence electrons. The van der Waals surface area contributed by atoms with Crippen molar-refractivity contribution < 1.29 is 9.53 Å². The number of hydrogen-bond donors (Lipinski definition) is 0. The lowest BCUT2D eigenvalue weighted by Gasteiger charge is -1.91. The fraction of sp³-hybridized carbons (Fsp3) is 0.750. The Kier molecular flexibility index (Phi) is 3.10. The Hall–Kier alpha value is -0.730. The van der Waals surface area contributed by atoms with Crippen LogP contribution in [0.5, 0.6) is 0 Å². The topological polar surface area (TPSA) is 40.4 Å². The monoisotopic (exact) mass is 102 g/mol. The molecule has 0 unspecified atom stereocenters. The van der Waals surface area contributed by atoms with Crippen molar-refractivity contribution >= 4 is 6.09 Å². The molecule has 3 heteroatoms. The van der Waals surface area contributed by atoms with E-state index in [1.54, 1.807) is 6.92 Å². The highest BCUT2D eigenvalue weighted by Gasteiger charge is 1.92. The van der Waals surface area contributed by atoms with Crippen molar-refractivity contribution in [2.45, 2.75) is 6.92 Å². The second-order valence-corrected chi connectivity index (χ2v) is 0.944. The third kappa shape index (κ3) is 3.09. The standard InChI is InChI=1S/C4H8NO2/c1-3-5-4(6)7-2/h3H2,1-2H3. The Labute approximate surface area is 42.7 Å². The van der Waals surface area contributed by atoms with E-state index < -0.39 is 6.09 Å². The summed E-state index contributed by atoms with van der Waals surface area (Å²) in [7, 11) is 1.31. The number of ether oxygens (including phenoxy) is 1. The number of carbonyl (C=O) groups is 1. The van der Waals surface area contributed by atoms with Crippen LogP contribution in [0.25, 0.3) is 0 Å². The Morgan fingerprint density at radius 1 is 1.86 bits per heavy atom. The normalized spacial score (nSPS) is 7.71. The summed E-state index contributed by atoms with van der Waals surface area (Å²) in [4.78, 5) is 10.0. The molecule has 1 amide bonds. The highest BCUT2D eigenvalue weighted by Crippen LogP contribution is 1.69. The van der Waals surface area contributed by atoms with E-state index in [0.717, 1.165) is 0 Å². The molecule has 0 heterocycles. The summed E-state index contributed by atoms with van der Waals surface area (Å²) in [6.45, 7) is 2.27. The minimum atomic E-state index is -0.498. The van der Waals surface area contributed by atoms with E-state index in [9.17, 15) is 4.79 Å². The van der Waals surface area contributed by atoms with E-state index in [2.05, 4.69) is 10.1 Å². The van der Waals surface area contributed by atoms with Crippen LogP contribution in [0.15, 0.2) is 0 Å². The van der Waals surface area contributed by atoms with Crippen LogP contribution in [0.2, 0.25) is 0 Å². The lowest BCUT2D eigenvalue weighted by atomic mass is 10.8. The van der Waals surface area contributed by atoms with Crippen molar-refractivity contribution in [1.82, 2.24) is 5.32 Å². The first kappa shape index (κ1) is 6.27. The van der Waals surface area contributed by atoms with Crippen molar-refractivity contribution in [3.8, 4) is 0 Å². The highest BCUT2D eigenvalue weighted by molar-refractivity contribution is 5.66. The first-order valence-corrected chi connectivity index (χ1v) is 2.06. The van der Waals surface area contributed by atoms with Gasteiger partial charge in [0.1, 0.15) is 0 Å². The maximum absolute atomic E-state index is 10.0. The molecule has 0 saturated heterocycles. The van der Waals surface area contributed by atoms with E-state index in [1.165, 1.54) is 7.11 Å². The van der Waals surface area contributed by atoms with Crippen molar-refractivity contribution in [2.24, 2.45) is 0 Å². The largest absolute Gasteiger partial charge is 0.452 e. The van der Waals surface area contributed by atoms with Crippen molar-refractivity contribution in [3.05, 3.63) is 0 Å². The summed E-state index contributed by atoms with van der Waals surface area (Å²) in [5.41, 5.74) is 0. The Balaban J connectivity index is 3.00. The third-order valence-electron chi connectivity index (χ3n) is 0.462. The van der Waals surface area contributed by atoms with Gasteiger partial charge in [-0.1, -0.05) is 0 Å². The van der Waals surface area contributed by atoms with Gasteiger partial charge in [-0.2, -0.15) is 0 Å².